The van der Waals surface area contributed by atoms with Gasteiger partial charge in [-0.25, -0.2) is 19.7 Å². The number of aliphatic hydroxyl groups excluding tert-OH is 1. The van der Waals surface area contributed by atoms with Crippen LogP contribution in [0.4, 0.5) is 10.6 Å². The van der Waals surface area contributed by atoms with Gasteiger partial charge >= 0.3 is 6.09 Å². The molecule has 1 unspecified atom stereocenters. The summed E-state index contributed by atoms with van der Waals surface area (Å²) in [4.78, 5) is 38.9. The molecule has 5 aromatic heterocycles. The number of anilines is 1. The van der Waals surface area contributed by atoms with E-state index in [1.54, 1.807) is 36.9 Å². The number of rotatable bonds is 13. The molecule has 2 aliphatic rings. The van der Waals surface area contributed by atoms with Gasteiger partial charge in [-0.15, -0.1) is 0 Å². The number of carbonyl (C=O) groups excluding carboxylic acids is 1. The molecule has 7 heterocycles. The van der Waals surface area contributed by atoms with Crippen molar-refractivity contribution in [1.82, 2.24) is 34.7 Å². The van der Waals surface area contributed by atoms with E-state index in [1.165, 1.54) is 4.90 Å². The number of carbonyl (C=O) groups is 1. The number of benzene rings is 1. The number of aromatic nitrogens is 5. The lowest BCUT2D eigenvalue weighted by atomic mass is 10.0. The van der Waals surface area contributed by atoms with Gasteiger partial charge in [-0.3, -0.25) is 14.7 Å². The Hall–Kier alpha value is -5.58. The molecule has 1 aromatic carbocycles. The van der Waals surface area contributed by atoms with Crippen LogP contribution in [0, 0.1) is 6.92 Å². The second-order valence-corrected chi connectivity index (χ2v) is 15.9. The second-order valence-electron chi connectivity index (χ2n) is 15.9. The molecule has 2 saturated heterocycles. The largest absolute Gasteiger partial charge is 0.491 e. The van der Waals surface area contributed by atoms with Crippen molar-refractivity contribution in [2.24, 2.45) is 0 Å². The van der Waals surface area contributed by atoms with Gasteiger partial charge in [0.1, 0.15) is 53.5 Å². The van der Waals surface area contributed by atoms with E-state index in [-0.39, 0.29) is 0 Å². The number of aliphatic hydroxyl groups is 1. The van der Waals surface area contributed by atoms with Crippen molar-refractivity contribution < 1.29 is 33.6 Å². The summed E-state index contributed by atoms with van der Waals surface area (Å²) in [7, 11) is 0. The van der Waals surface area contributed by atoms with E-state index in [0.29, 0.717) is 48.1 Å². The van der Waals surface area contributed by atoms with E-state index in [9.17, 15) is 9.90 Å². The maximum atomic E-state index is 13.2. The van der Waals surface area contributed by atoms with Gasteiger partial charge in [0.05, 0.1) is 45.4 Å². The molecule has 6 aromatic rings. The van der Waals surface area contributed by atoms with Crippen molar-refractivity contribution in [3.63, 3.8) is 0 Å². The van der Waals surface area contributed by atoms with Crippen LogP contribution < -0.4 is 14.4 Å². The first-order chi connectivity index (χ1) is 29.1. The zero-order valence-electron chi connectivity index (χ0n) is 34.9. The highest BCUT2D eigenvalue weighted by Gasteiger charge is 2.25. The van der Waals surface area contributed by atoms with Gasteiger partial charge in [0, 0.05) is 79.8 Å². The minimum absolute atomic E-state index is 0.298. The molecular formula is C45H56N8O7. The molecule has 0 bridgehead atoms. The Kier molecular flexibility index (Phi) is 14.3. The highest BCUT2D eigenvalue weighted by molar-refractivity contribution is 5.87. The monoisotopic (exact) mass is 820 g/mol. The third-order valence-corrected chi connectivity index (χ3v) is 10.2. The molecule has 1 amide bonds. The molecule has 2 fully saturated rings. The summed E-state index contributed by atoms with van der Waals surface area (Å²) in [5.41, 5.74) is 4.23. The van der Waals surface area contributed by atoms with Crippen LogP contribution in [0.3, 0.4) is 0 Å². The van der Waals surface area contributed by atoms with Crippen molar-refractivity contribution in [3.8, 4) is 11.5 Å². The lowest BCUT2D eigenvalue weighted by Gasteiger charge is -2.27. The van der Waals surface area contributed by atoms with Crippen LogP contribution in [0.1, 0.15) is 49.1 Å². The number of aryl methyl sites for hydroxylation is 1. The Bertz CT molecular complexity index is 2260. The minimum Gasteiger partial charge on any atom is -0.491 e. The Balaban J connectivity index is 0.000000250. The lowest BCUT2D eigenvalue weighted by Crippen LogP contribution is -2.38. The molecular weight excluding hydrogens is 765 g/mol. The quantitative estimate of drug-likeness (QED) is 0.120. The third-order valence-electron chi connectivity index (χ3n) is 10.2. The summed E-state index contributed by atoms with van der Waals surface area (Å²) in [6.07, 6.45) is 7.21. The smallest absolute Gasteiger partial charge is 0.416 e. The van der Waals surface area contributed by atoms with E-state index in [4.69, 9.17) is 23.7 Å². The summed E-state index contributed by atoms with van der Waals surface area (Å²) in [5, 5.41) is 13.2. The SMILES string of the molecule is Cc1ccc(CN(C(=O)OC(C)(C)C)c2ccc(C(O)c3c[nH]c4ncc(OCCN5CCOCC5)cc34)cn2)cc1.c1cc2cc(OCCN3CCOCC3)cnc2[nH]1. The molecule has 15 nitrogen and oxygen atoms in total. The topological polar surface area (TPSA) is 163 Å². The van der Waals surface area contributed by atoms with Gasteiger partial charge in [-0.1, -0.05) is 35.9 Å². The zero-order valence-corrected chi connectivity index (χ0v) is 34.9. The van der Waals surface area contributed by atoms with Gasteiger partial charge in [0.2, 0.25) is 0 Å². The molecule has 3 N–H and O–H groups in total. The molecule has 60 heavy (non-hydrogen) atoms. The first-order valence-electron chi connectivity index (χ1n) is 20.5. The maximum absolute atomic E-state index is 13.2. The zero-order chi connectivity index (χ0) is 41.9. The van der Waals surface area contributed by atoms with E-state index in [0.717, 1.165) is 99.0 Å². The van der Waals surface area contributed by atoms with Crippen LogP contribution in [-0.2, 0) is 20.8 Å². The summed E-state index contributed by atoms with van der Waals surface area (Å²) in [5.74, 6) is 1.90. The van der Waals surface area contributed by atoms with Gasteiger partial charge < -0.3 is 38.8 Å². The molecule has 0 saturated carbocycles. The molecule has 2 aliphatic heterocycles. The number of nitrogens with one attached hydrogen (secondary N) is 2. The molecule has 0 radical (unpaired) electrons. The number of hydrogen-bond acceptors (Lipinski definition) is 12. The average molecular weight is 821 g/mol. The predicted molar refractivity (Wildman–Crippen MR) is 230 cm³/mol. The fourth-order valence-electron chi connectivity index (χ4n) is 6.87. The first-order valence-corrected chi connectivity index (χ1v) is 20.5. The normalized spacial score (nSPS) is 15.6. The molecule has 318 valence electrons. The lowest BCUT2D eigenvalue weighted by molar-refractivity contribution is 0.0321. The minimum atomic E-state index is -0.960. The van der Waals surface area contributed by atoms with Crippen molar-refractivity contribution in [2.45, 2.75) is 45.9 Å². The number of morpholine rings is 2. The van der Waals surface area contributed by atoms with Crippen molar-refractivity contribution in [1.29, 1.82) is 0 Å². The Morgan fingerprint density at radius 1 is 0.817 bits per heavy atom. The summed E-state index contributed by atoms with van der Waals surface area (Å²) in [6, 6.07) is 17.4. The number of nitrogens with zero attached hydrogens (tertiary/aromatic N) is 6. The number of aromatic amines is 2. The van der Waals surface area contributed by atoms with Gasteiger partial charge in [-0.05, 0) is 57.5 Å². The average Bonchev–Trinajstić information content (AvgIpc) is 3.91. The highest BCUT2D eigenvalue weighted by atomic mass is 16.6. The fraction of sp³-hybridized carbons (Fsp3) is 0.422. The number of amides is 1. The number of hydrogen-bond donors (Lipinski definition) is 3. The van der Waals surface area contributed by atoms with Crippen molar-refractivity contribution >= 4 is 34.0 Å². The van der Waals surface area contributed by atoms with E-state index < -0.39 is 17.8 Å². The van der Waals surface area contributed by atoms with E-state index in [2.05, 4.69) is 34.7 Å². The van der Waals surface area contributed by atoms with Crippen molar-refractivity contribution in [3.05, 3.63) is 108 Å². The van der Waals surface area contributed by atoms with Crippen molar-refractivity contribution in [2.75, 3.05) is 83.8 Å². The summed E-state index contributed by atoms with van der Waals surface area (Å²) < 4.78 is 28.1. The molecule has 15 heteroatoms. The van der Waals surface area contributed by atoms with Crippen LogP contribution >= 0.6 is 0 Å². The Morgan fingerprint density at radius 3 is 2.07 bits per heavy atom. The fourth-order valence-corrected chi connectivity index (χ4v) is 6.87. The third kappa shape index (κ3) is 11.8. The molecule has 8 rings (SSSR count). The van der Waals surface area contributed by atoms with Gasteiger partial charge in [0.25, 0.3) is 0 Å². The summed E-state index contributed by atoms with van der Waals surface area (Å²) >= 11 is 0. The molecule has 0 spiro atoms. The van der Waals surface area contributed by atoms with Crippen LogP contribution in [0.2, 0.25) is 0 Å². The van der Waals surface area contributed by atoms with Crippen LogP contribution in [0.25, 0.3) is 22.1 Å². The van der Waals surface area contributed by atoms with Gasteiger partial charge in [-0.2, -0.15) is 0 Å². The van der Waals surface area contributed by atoms with Gasteiger partial charge in [0.15, 0.2) is 0 Å². The predicted octanol–water partition coefficient (Wildman–Crippen LogP) is 6.27. The highest BCUT2D eigenvalue weighted by Crippen LogP contribution is 2.31. The number of ether oxygens (including phenoxy) is 5. The second kappa shape index (κ2) is 20.1. The molecule has 1 atom stereocenters. The standard InChI is InChI=1S/C32H39N5O5.C13H17N3O2/c1-22-5-7-23(8-6-22)21-37(31(39)42-32(2,3)4)28-10-9-24(18-33-28)29(38)27-20-35-30-26(27)17-25(19-34-30)41-16-13-36-11-14-40-15-12-36;1-2-14-13-11(1)9-12(10-15-13)18-8-5-16-3-6-17-7-4-16/h5-10,17-20,29,38H,11-16,21H2,1-4H3,(H,34,35);1-2,9-10H,3-8H2,(H,14,15). The Labute approximate surface area is 350 Å². The molecule has 0 aliphatic carbocycles. The number of pyridine rings is 3. The van der Waals surface area contributed by atoms with E-state index in [1.807, 2.05) is 76.4 Å². The maximum Gasteiger partial charge on any atom is 0.416 e. The van der Waals surface area contributed by atoms with Crippen LogP contribution in [0.15, 0.2) is 85.6 Å². The first kappa shape index (κ1) is 42.5. The number of H-pyrrole nitrogens is 2. The van der Waals surface area contributed by atoms with Crippen LogP contribution in [-0.4, -0.2) is 130 Å². The summed E-state index contributed by atoms with van der Waals surface area (Å²) in [6.45, 7) is 17.8. The Morgan fingerprint density at radius 2 is 1.45 bits per heavy atom. The van der Waals surface area contributed by atoms with E-state index >= 15 is 0 Å². The number of fused-ring (bicyclic) bond motifs is 2. The van der Waals surface area contributed by atoms with Crippen LogP contribution in [0.5, 0.6) is 11.5 Å².